The molecule has 0 saturated heterocycles. The SMILES string of the molecule is CN(c1ccc2cc3ccccc3cc2c1)c1ccc2cc3ccccc3cc2c1. The van der Waals surface area contributed by atoms with E-state index in [2.05, 4.69) is 121 Å². The van der Waals surface area contributed by atoms with Crippen molar-refractivity contribution in [2.45, 2.75) is 0 Å². The highest BCUT2D eigenvalue weighted by molar-refractivity contribution is 6.01. The lowest BCUT2D eigenvalue weighted by molar-refractivity contribution is 1.22. The van der Waals surface area contributed by atoms with E-state index in [1.807, 2.05) is 0 Å². The molecule has 0 amide bonds. The first-order valence-corrected chi connectivity index (χ1v) is 10.3. The van der Waals surface area contributed by atoms with Gasteiger partial charge in [-0.15, -0.1) is 0 Å². The van der Waals surface area contributed by atoms with Crippen LogP contribution in [-0.2, 0) is 0 Å². The fourth-order valence-corrected chi connectivity index (χ4v) is 4.42. The Kier molecular flexibility index (Phi) is 3.75. The Hall–Kier alpha value is -3.84. The summed E-state index contributed by atoms with van der Waals surface area (Å²) >= 11 is 0. The Labute approximate surface area is 175 Å². The van der Waals surface area contributed by atoms with Gasteiger partial charge in [0, 0.05) is 18.4 Å². The van der Waals surface area contributed by atoms with Crippen molar-refractivity contribution in [1.82, 2.24) is 0 Å². The van der Waals surface area contributed by atoms with E-state index >= 15 is 0 Å². The maximum absolute atomic E-state index is 2.29. The molecule has 0 aromatic heterocycles. The second-order valence-corrected chi connectivity index (χ2v) is 8.02. The first-order valence-electron chi connectivity index (χ1n) is 10.3. The second-order valence-electron chi connectivity index (χ2n) is 8.02. The smallest absolute Gasteiger partial charge is 0.0414 e. The van der Waals surface area contributed by atoms with Crippen molar-refractivity contribution in [1.29, 1.82) is 0 Å². The molecule has 6 aromatic rings. The molecule has 0 N–H and O–H groups in total. The standard InChI is InChI=1S/C29H21N/c1-30(28-12-10-24-14-20-6-2-4-8-22(20)16-26(24)18-28)29-13-11-25-15-21-7-3-5-9-23(21)17-27(25)19-29/h2-19H,1H3. The molecule has 6 rings (SSSR count). The van der Waals surface area contributed by atoms with Gasteiger partial charge in [0.15, 0.2) is 0 Å². The molecule has 142 valence electrons. The number of anilines is 2. The van der Waals surface area contributed by atoms with Gasteiger partial charge in [-0.05, 0) is 91.6 Å². The van der Waals surface area contributed by atoms with Crippen molar-refractivity contribution in [3.8, 4) is 0 Å². The van der Waals surface area contributed by atoms with E-state index in [-0.39, 0.29) is 0 Å². The van der Waals surface area contributed by atoms with Crippen LogP contribution in [0.15, 0.2) is 109 Å². The average molecular weight is 383 g/mol. The molecule has 0 radical (unpaired) electrons. The third-order valence-corrected chi connectivity index (χ3v) is 6.15. The lowest BCUT2D eigenvalue weighted by Crippen LogP contribution is -2.09. The first-order chi connectivity index (χ1) is 14.7. The summed E-state index contributed by atoms with van der Waals surface area (Å²) in [7, 11) is 2.14. The van der Waals surface area contributed by atoms with Crippen molar-refractivity contribution < 1.29 is 0 Å². The van der Waals surface area contributed by atoms with E-state index in [1.165, 1.54) is 54.5 Å². The van der Waals surface area contributed by atoms with Crippen molar-refractivity contribution >= 4 is 54.5 Å². The van der Waals surface area contributed by atoms with Gasteiger partial charge in [-0.25, -0.2) is 0 Å². The van der Waals surface area contributed by atoms with Gasteiger partial charge in [0.25, 0.3) is 0 Å². The van der Waals surface area contributed by atoms with E-state index in [0.29, 0.717) is 0 Å². The van der Waals surface area contributed by atoms with Crippen molar-refractivity contribution in [2.75, 3.05) is 11.9 Å². The lowest BCUT2D eigenvalue weighted by atomic mass is 10.0. The van der Waals surface area contributed by atoms with Gasteiger partial charge in [-0.3, -0.25) is 0 Å². The van der Waals surface area contributed by atoms with Crippen molar-refractivity contribution in [3.63, 3.8) is 0 Å². The van der Waals surface area contributed by atoms with Gasteiger partial charge < -0.3 is 4.90 Å². The summed E-state index contributed by atoms with van der Waals surface area (Å²) in [6, 6.07) is 39.7. The van der Waals surface area contributed by atoms with Crippen LogP contribution in [0.5, 0.6) is 0 Å². The molecular weight excluding hydrogens is 362 g/mol. The average Bonchev–Trinajstić information content (AvgIpc) is 2.80. The summed E-state index contributed by atoms with van der Waals surface area (Å²) in [5.74, 6) is 0. The summed E-state index contributed by atoms with van der Waals surface area (Å²) in [5.41, 5.74) is 2.39. The number of hydrogen-bond donors (Lipinski definition) is 0. The molecule has 6 aromatic carbocycles. The topological polar surface area (TPSA) is 3.24 Å². The van der Waals surface area contributed by atoms with Crippen LogP contribution >= 0.6 is 0 Å². The Morgan fingerprint density at radius 1 is 0.367 bits per heavy atom. The van der Waals surface area contributed by atoms with Crippen LogP contribution < -0.4 is 4.90 Å². The van der Waals surface area contributed by atoms with E-state index in [1.54, 1.807) is 0 Å². The van der Waals surface area contributed by atoms with Gasteiger partial charge in [-0.1, -0.05) is 60.7 Å². The highest BCUT2D eigenvalue weighted by Crippen LogP contribution is 2.32. The predicted octanol–water partition coefficient (Wildman–Crippen LogP) is 8.07. The number of nitrogens with zero attached hydrogens (tertiary/aromatic N) is 1. The quantitative estimate of drug-likeness (QED) is 0.273. The molecule has 0 aliphatic rings. The van der Waals surface area contributed by atoms with Crippen LogP contribution in [0.3, 0.4) is 0 Å². The van der Waals surface area contributed by atoms with Crippen molar-refractivity contribution in [3.05, 3.63) is 109 Å². The van der Waals surface area contributed by atoms with Crippen LogP contribution in [0.4, 0.5) is 11.4 Å². The summed E-state index contributed by atoms with van der Waals surface area (Å²) in [6.45, 7) is 0. The number of rotatable bonds is 2. The third kappa shape index (κ3) is 2.79. The minimum atomic E-state index is 1.19. The normalized spacial score (nSPS) is 11.5. The molecule has 1 heteroatoms. The van der Waals surface area contributed by atoms with Gasteiger partial charge in [0.05, 0.1) is 0 Å². The molecule has 0 saturated carbocycles. The van der Waals surface area contributed by atoms with E-state index in [9.17, 15) is 0 Å². The maximum Gasteiger partial charge on any atom is 0.0414 e. The summed E-state index contributed by atoms with van der Waals surface area (Å²) < 4.78 is 0. The molecule has 0 fully saturated rings. The van der Waals surface area contributed by atoms with Gasteiger partial charge in [0.1, 0.15) is 0 Å². The lowest BCUT2D eigenvalue weighted by Gasteiger charge is -2.21. The van der Waals surface area contributed by atoms with Crippen LogP contribution in [0, 0.1) is 0 Å². The van der Waals surface area contributed by atoms with Gasteiger partial charge in [0.2, 0.25) is 0 Å². The zero-order valence-electron chi connectivity index (χ0n) is 16.8. The molecule has 0 unspecified atom stereocenters. The fourth-order valence-electron chi connectivity index (χ4n) is 4.42. The molecule has 0 aliphatic carbocycles. The molecular formula is C29H21N. The Bertz CT molecular complexity index is 1440. The number of hydrogen-bond acceptors (Lipinski definition) is 1. The zero-order valence-corrected chi connectivity index (χ0v) is 16.8. The third-order valence-electron chi connectivity index (χ3n) is 6.15. The summed E-state index contributed by atoms with van der Waals surface area (Å²) in [6.07, 6.45) is 0. The van der Waals surface area contributed by atoms with Crippen LogP contribution in [-0.4, -0.2) is 7.05 Å². The number of benzene rings is 6. The monoisotopic (exact) mass is 383 g/mol. The summed E-state index contributed by atoms with van der Waals surface area (Å²) in [4.78, 5) is 2.27. The fraction of sp³-hybridized carbons (Fsp3) is 0.0345. The van der Waals surface area contributed by atoms with Crippen LogP contribution in [0.1, 0.15) is 0 Å². The largest absolute Gasteiger partial charge is 0.345 e. The molecule has 0 atom stereocenters. The maximum atomic E-state index is 2.29. The second kappa shape index (κ2) is 6.60. The Balaban J connectivity index is 1.44. The summed E-state index contributed by atoms with van der Waals surface area (Å²) in [5, 5.41) is 10.2. The van der Waals surface area contributed by atoms with Crippen molar-refractivity contribution in [2.24, 2.45) is 0 Å². The Morgan fingerprint density at radius 2 is 0.700 bits per heavy atom. The molecule has 0 heterocycles. The first kappa shape index (κ1) is 17.1. The highest BCUT2D eigenvalue weighted by Gasteiger charge is 2.08. The number of fused-ring (bicyclic) bond motifs is 4. The van der Waals surface area contributed by atoms with Gasteiger partial charge >= 0.3 is 0 Å². The highest BCUT2D eigenvalue weighted by atomic mass is 15.1. The zero-order chi connectivity index (χ0) is 20.1. The van der Waals surface area contributed by atoms with E-state index in [4.69, 9.17) is 0 Å². The van der Waals surface area contributed by atoms with E-state index in [0.717, 1.165) is 0 Å². The van der Waals surface area contributed by atoms with Crippen LogP contribution in [0.25, 0.3) is 43.1 Å². The molecule has 1 nitrogen and oxygen atoms in total. The molecule has 30 heavy (non-hydrogen) atoms. The minimum Gasteiger partial charge on any atom is -0.345 e. The molecule has 0 spiro atoms. The van der Waals surface area contributed by atoms with Gasteiger partial charge in [-0.2, -0.15) is 0 Å². The molecule has 0 bridgehead atoms. The molecule has 0 aliphatic heterocycles. The van der Waals surface area contributed by atoms with Crippen LogP contribution in [0.2, 0.25) is 0 Å². The predicted molar refractivity (Wildman–Crippen MR) is 131 cm³/mol. The Morgan fingerprint density at radius 3 is 1.10 bits per heavy atom. The van der Waals surface area contributed by atoms with E-state index < -0.39 is 0 Å². The minimum absolute atomic E-state index is 1.19.